The fourth-order valence-corrected chi connectivity index (χ4v) is 4.38. The highest BCUT2D eigenvalue weighted by molar-refractivity contribution is 5.73. The monoisotopic (exact) mass is 605 g/mol. The highest BCUT2D eigenvalue weighted by Crippen LogP contribution is 2.38. The molecular weight excluding hydrogens is 567 g/mol. The van der Waals surface area contributed by atoms with Crippen molar-refractivity contribution < 1.29 is 32.5 Å². The van der Waals surface area contributed by atoms with E-state index in [2.05, 4.69) is 35.1 Å². The van der Waals surface area contributed by atoms with Gasteiger partial charge in [0.25, 0.3) is 0 Å². The summed E-state index contributed by atoms with van der Waals surface area (Å²) in [5, 5.41) is 11.7. The Balaban J connectivity index is 0.000000230. The Hall–Kier alpha value is -4.04. The molecule has 0 radical (unpaired) electrons. The summed E-state index contributed by atoms with van der Waals surface area (Å²) in [6.45, 7) is 9.81. The number of anilines is 3. The lowest BCUT2D eigenvalue weighted by atomic mass is 10.1. The lowest BCUT2D eigenvalue weighted by Crippen LogP contribution is -2.40. The first-order valence-corrected chi connectivity index (χ1v) is 14.0. The van der Waals surface area contributed by atoms with Crippen LogP contribution in [0.25, 0.3) is 11.4 Å². The molecule has 2 bridgehead atoms. The molecule has 1 unspecified atom stereocenters. The van der Waals surface area contributed by atoms with Crippen molar-refractivity contribution in [3.05, 3.63) is 48.4 Å². The van der Waals surface area contributed by atoms with Crippen molar-refractivity contribution >= 4 is 23.7 Å². The van der Waals surface area contributed by atoms with Gasteiger partial charge in [-0.2, -0.15) is 18.2 Å². The van der Waals surface area contributed by atoms with Crippen LogP contribution in [0.1, 0.15) is 46.1 Å². The van der Waals surface area contributed by atoms with Crippen LogP contribution in [-0.2, 0) is 15.7 Å². The molecular formula is C29H38F3N7O4. The van der Waals surface area contributed by atoms with E-state index in [1.54, 1.807) is 26.1 Å². The lowest BCUT2D eigenvalue weighted by Gasteiger charge is -2.34. The van der Waals surface area contributed by atoms with E-state index < -0.39 is 17.5 Å². The Morgan fingerprint density at radius 2 is 1.91 bits per heavy atom. The van der Waals surface area contributed by atoms with Gasteiger partial charge < -0.3 is 29.7 Å². The maximum Gasteiger partial charge on any atom is 0.416 e. The predicted molar refractivity (Wildman–Crippen MR) is 157 cm³/mol. The molecule has 1 atom stereocenters. The summed E-state index contributed by atoms with van der Waals surface area (Å²) in [5.74, 6) is 0.638. The second-order valence-electron chi connectivity index (χ2n) is 9.98. The topological polar surface area (TPSA) is 126 Å². The third-order valence-corrected chi connectivity index (χ3v) is 6.40. The summed E-state index contributed by atoms with van der Waals surface area (Å²) in [6, 6.07) is 5.55. The third-order valence-electron chi connectivity index (χ3n) is 6.40. The number of hydrogen-bond acceptors (Lipinski definition) is 10. The molecule has 4 heterocycles. The van der Waals surface area contributed by atoms with Crippen LogP contribution in [0.3, 0.4) is 0 Å². The van der Waals surface area contributed by atoms with Crippen molar-refractivity contribution in [2.45, 2.75) is 58.5 Å². The Morgan fingerprint density at radius 3 is 2.60 bits per heavy atom. The summed E-state index contributed by atoms with van der Waals surface area (Å²) >= 11 is 0. The van der Waals surface area contributed by atoms with Crippen LogP contribution in [0.4, 0.5) is 30.5 Å². The van der Waals surface area contributed by atoms with Gasteiger partial charge >= 0.3 is 6.18 Å². The number of rotatable bonds is 9. The number of nitrogens with zero attached hydrogens (tertiary/aromatic N) is 6. The van der Waals surface area contributed by atoms with Crippen molar-refractivity contribution in [1.29, 1.82) is 0 Å². The molecule has 11 nitrogen and oxygen atoms in total. The summed E-state index contributed by atoms with van der Waals surface area (Å²) in [5.41, 5.74) is 0.648. The molecule has 1 amide bonds. The number of fused-ring (bicyclic) bond motifs is 4. The van der Waals surface area contributed by atoms with E-state index in [0.717, 1.165) is 43.1 Å². The smallest absolute Gasteiger partial charge is 0.416 e. The van der Waals surface area contributed by atoms with Gasteiger partial charge in [-0.3, -0.25) is 9.78 Å². The second kappa shape index (κ2) is 14.9. The zero-order valence-corrected chi connectivity index (χ0v) is 24.9. The number of ether oxygens (including phenoxy) is 2. The van der Waals surface area contributed by atoms with Crippen molar-refractivity contribution in [1.82, 2.24) is 19.9 Å². The molecule has 1 fully saturated rings. The zero-order valence-electron chi connectivity index (χ0n) is 24.9. The molecule has 1 aromatic carbocycles. The molecule has 43 heavy (non-hydrogen) atoms. The van der Waals surface area contributed by atoms with Gasteiger partial charge in [-0.1, -0.05) is 26.0 Å². The van der Waals surface area contributed by atoms with Gasteiger partial charge in [0.2, 0.25) is 12.3 Å². The quantitative estimate of drug-likeness (QED) is 0.200. The molecule has 2 aliphatic heterocycles. The number of benzene rings is 1. The SMILES string of the molecule is CC.CC(C)(O)OCCCOc1cncc(NC=O)n1.CN1c2nc(-c3cccc(C(F)(F)F)c3)ncc2N2CCC1C2. The van der Waals surface area contributed by atoms with E-state index in [9.17, 15) is 23.1 Å². The van der Waals surface area contributed by atoms with Crippen LogP contribution in [0.15, 0.2) is 42.9 Å². The average molecular weight is 606 g/mol. The van der Waals surface area contributed by atoms with Gasteiger partial charge in [-0.25, -0.2) is 9.97 Å². The van der Waals surface area contributed by atoms with Gasteiger partial charge in [0.15, 0.2) is 23.2 Å². The Bertz CT molecular complexity index is 1340. The number of aromatic nitrogens is 4. The summed E-state index contributed by atoms with van der Waals surface area (Å²) in [7, 11) is 1.98. The molecule has 2 N–H and O–H groups in total. The summed E-state index contributed by atoms with van der Waals surface area (Å²) in [4.78, 5) is 31.2. The molecule has 234 valence electrons. The van der Waals surface area contributed by atoms with Crippen LogP contribution < -0.4 is 19.9 Å². The number of carbonyl (C=O) groups is 1. The highest BCUT2D eigenvalue weighted by atomic mass is 19.4. The number of hydrogen-bond donors (Lipinski definition) is 2. The van der Waals surface area contributed by atoms with E-state index in [4.69, 9.17) is 9.47 Å². The Kier molecular flexibility index (Phi) is 11.6. The number of likely N-dealkylation sites (N-methyl/N-ethyl adjacent to an activating group) is 1. The second-order valence-corrected chi connectivity index (χ2v) is 9.98. The number of carbonyl (C=O) groups excluding carboxylic acids is 1. The minimum Gasteiger partial charge on any atom is -0.476 e. The molecule has 1 saturated heterocycles. The fraction of sp³-hybridized carbons (Fsp3) is 0.483. The minimum absolute atomic E-state index is 0.323. The number of aliphatic hydroxyl groups is 1. The summed E-state index contributed by atoms with van der Waals surface area (Å²) in [6.07, 6.45) is 2.40. The zero-order chi connectivity index (χ0) is 31.6. The Labute approximate surface area is 249 Å². The standard InChI is InChI=1S/C16H15F3N4.C11H17N3O4.C2H6/c1-22-12-5-6-23(9-12)13-8-20-14(21-15(13)22)10-3-2-4-11(7-10)16(17,18)19;1-11(2,16)18-5-3-4-17-10-7-12-6-9(14-10)13-8-15;1-2/h2-4,7-8,12H,5-6,9H2,1H3;6-8,16H,3-5H2,1-2H3,(H,13,14,15);1-2H3. The van der Waals surface area contributed by atoms with Gasteiger partial charge in [-0.05, 0) is 32.4 Å². The van der Waals surface area contributed by atoms with Gasteiger partial charge in [-0.15, -0.1) is 0 Å². The normalized spacial score (nSPS) is 15.4. The lowest BCUT2D eigenvalue weighted by molar-refractivity contribution is -0.176. The molecule has 5 rings (SSSR count). The first-order valence-electron chi connectivity index (χ1n) is 14.0. The molecule has 2 aliphatic rings. The van der Waals surface area contributed by atoms with E-state index in [0.29, 0.717) is 55.2 Å². The van der Waals surface area contributed by atoms with E-state index in [1.807, 2.05) is 20.9 Å². The first kappa shape index (κ1) is 33.5. The van der Waals surface area contributed by atoms with E-state index >= 15 is 0 Å². The first-order chi connectivity index (χ1) is 20.4. The molecule has 0 saturated carbocycles. The van der Waals surface area contributed by atoms with Crippen LogP contribution in [0.2, 0.25) is 0 Å². The molecule has 0 aliphatic carbocycles. The van der Waals surface area contributed by atoms with Gasteiger partial charge in [0, 0.05) is 38.2 Å². The number of amides is 1. The largest absolute Gasteiger partial charge is 0.476 e. The van der Waals surface area contributed by atoms with Crippen LogP contribution in [0.5, 0.6) is 5.88 Å². The predicted octanol–water partition coefficient (Wildman–Crippen LogP) is 4.78. The molecule has 3 aromatic rings. The van der Waals surface area contributed by atoms with Crippen molar-refractivity contribution in [3.8, 4) is 17.3 Å². The van der Waals surface area contributed by atoms with Crippen LogP contribution in [0, 0.1) is 0 Å². The third kappa shape index (κ3) is 9.48. The molecule has 0 spiro atoms. The van der Waals surface area contributed by atoms with Crippen molar-refractivity contribution in [2.75, 3.05) is 48.5 Å². The average Bonchev–Trinajstić information content (AvgIpc) is 3.43. The van der Waals surface area contributed by atoms with Crippen molar-refractivity contribution in [3.63, 3.8) is 0 Å². The van der Waals surface area contributed by atoms with E-state index in [1.165, 1.54) is 18.5 Å². The molecule has 14 heteroatoms. The molecule has 2 aromatic heterocycles. The Morgan fingerprint density at radius 1 is 1.14 bits per heavy atom. The van der Waals surface area contributed by atoms with Crippen LogP contribution >= 0.6 is 0 Å². The number of halogens is 3. The summed E-state index contributed by atoms with van der Waals surface area (Å²) < 4.78 is 49.0. The maximum absolute atomic E-state index is 12.9. The van der Waals surface area contributed by atoms with Gasteiger partial charge in [0.05, 0.1) is 43.1 Å². The minimum atomic E-state index is -4.37. The van der Waals surface area contributed by atoms with Crippen molar-refractivity contribution in [2.24, 2.45) is 0 Å². The number of alkyl halides is 3. The van der Waals surface area contributed by atoms with E-state index in [-0.39, 0.29) is 0 Å². The number of nitrogens with one attached hydrogen (secondary N) is 1. The fourth-order valence-electron chi connectivity index (χ4n) is 4.38. The maximum atomic E-state index is 12.9. The highest BCUT2D eigenvalue weighted by Gasteiger charge is 2.35. The van der Waals surface area contributed by atoms with Gasteiger partial charge in [0.1, 0.15) is 0 Å². The van der Waals surface area contributed by atoms with Crippen LogP contribution in [-0.4, -0.2) is 76.6 Å².